The van der Waals surface area contributed by atoms with Crippen LogP contribution in [0.4, 0.5) is 5.95 Å². The monoisotopic (exact) mass is 282 g/mol. The van der Waals surface area contributed by atoms with Crippen molar-refractivity contribution >= 4 is 21.9 Å². The maximum absolute atomic E-state index is 11.9. The summed E-state index contributed by atoms with van der Waals surface area (Å²) in [5.74, 6) is -2.09. The fourth-order valence-corrected chi connectivity index (χ4v) is 2.24. The lowest BCUT2D eigenvalue weighted by atomic mass is 10.2. The number of carboxylic acids is 1. The first-order valence-corrected chi connectivity index (χ1v) is 6.62. The summed E-state index contributed by atoms with van der Waals surface area (Å²) in [7, 11) is -3.83. The van der Waals surface area contributed by atoms with Crippen molar-refractivity contribution in [3.63, 3.8) is 0 Å². The third-order valence-corrected chi connectivity index (χ3v) is 3.59. The molecule has 0 aliphatic heterocycles. The molecule has 0 bridgehead atoms. The second-order valence-electron chi connectivity index (χ2n) is 3.73. The summed E-state index contributed by atoms with van der Waals surface area (Å²) in [6.45, 7) is 1.83. The van der Waals surface area contributed by atoms with Crippen LogP contribution in [0.15, 0.2) is 29.2 Å². The van der Waals surface area contributed by atoms with Crippen molar-refractivity contribution in [2.45, 2.75) is 11.8 Å². The van der Waals surface area contributed by atoms with Gasteiger partial charge in [-0.25, -0.2) is 17.9 Å². The molecule has 8 nitrogen and oxygen atoms in total. The summed E-state index contributed by atoms with van der Waals surface area (Å²) in [5.41, 5.74) is 0.921. The van der Waals surface area contributed by atoms with Gasteiger partial charge in [-0.1, -0.05) is 17.7 Å². The zero-order valence-corrected chi connectivity index (χ0v) is 10.6. The van der Waals surface area contributed by atoms with Crippen molar-refractivity contribution in [1.82, 2.24) is 15.2 Å². The predicted octanol–water partition coefficient (Wildman–Crippen LogP) is 0.612. The van der Waals surface area contributed by atoms with Crippen LogP contribution in [0.2, 0.25) is 0 Å². The maximum atomic E-state index is 11.9. The van der Waals surface area contributed by atoms with Crippen molar-refractivity contribution in [1.29, 1.82) is 0 Å². The Morgan fingerprint density at radius 3 is 2.47 bits per heavy atom. The minimum atomic E-state index is -3.83. The minimum absolute atomic E-state index is 0.0415. The van der Waals surface area contributed by atoms with E-state index >= 15 is 0 Å². The van der Waals surface area contributed by atoms with Crippen molar-refractivity contribution in [2.24, 2.45) is 0 Å². The number of hydrogen-bond acceptors (Lipinski definition) is 5. The zero-order chi connectivity index (χ0) is 14.0. The molecule has 3 N–H and O–H groups in total. The molecule has 0 saturated carbocycles. The normalized spacial score (nSPS) is 11.2. The second kappa shape index (κ2) is 4.69. The average molecular weight is 282 g/mol. The summed E-state index contributed by atoms with van der Waals surface area (Å²) in [6, 6.07) is 6.16. The lowest BCUT2D eigenvalue weighted by Gasteiger charge is -2.04. The third kappa shape index (κ3) is 2.88. The van der Waals surface area contributed by atoms with E-state index in [1.165, 1.54) is 12.1 Å². The first-order chi connectivity index (χ1) is 8.88. The number of carbonyl (C=O) groups is 1. The summed E-state index contributed by atoms with van der Waals surface area (Å²) < 4.78 is 26.0. The number of hydrogen-bond donors (Lipinski definition) is 3. The molecule has 2 aromatic rings. The Morgan fingerprint density at radius 2 is 1.95 bits per heavy atom. The molecule has 100 valence electrons. The number of nitrogens with zero attached hydrogens (tertiary/aromatic N) is 2. The summed E-state index contributed by atoms with van der Waals surface area (Å²) in [5, 5.41) is 14.2. The van der Waals surface area contributed by atoms with Gasteiger partial charge >= 0.3 is 5.97 Å². The van der Waals surface area contributed by atoms with Crippen LogP contribution in [-0.2, 0) is 10.0 Å². The van der Waals surface area contributed by atoms with Gasteiger partial charge < -0.3 is 5.11 Å². The zero-order valence-electron chi connectivity index (χ0n) is 9.78. The molecule has 0 aliphatic carbocycles. The standard InChI is InChI=1S/C10H10N4O4S/c1-6-2-4-7(5-3-6)19(17,18)14-10-11-8(9(15)16)12-13-10/h2-5H,1H3,(H,15,16)(H2,11,12,13,14). The van der Waals surface area contributed by atoms with Gasteiger partial charge in [0.25, 0.3) is 16.0 Å². The molecule has 0 saturated heterocycles. The molecule has 9 heteroatoms. The largest absolute Gasteiger partial charge is 0.475 e. The molecule has 0 amide bonds. The Kier molecular flexibility index (Phi) is 3.21. The highest BCUT2D eigenvalue weighted by atomic mass is 32.2. The van der Waals surface area contributed by atoms with E-state index in [1.807, 2.05) is 6.92 Å². The first-order valence-electron chi connectivity index (χ1n) is 5.14. The van der Waals surface area contributed by atoms with E-state index in [1.54, 1.807) is 12.1 Å². The Balaban J connectivity index is 2.25. The Hall–Kier alpha value is -2.42. The van der Waals surface area contributed by atoms with Gasteiger partial charge in [-0.3, -0.25) is 5.10 Å². The van der Waals surface area contributed by atoms with Crippen molar-refractivity contribution < 1.29 is 18.3 Å². The molecule has 0 aliphatic rings. The molecule has 0 radical (unpaired) electrons. The number of rotatable bonds is 4. The van der Waals surface area contributed by atoms with Gasteiger partial charge in [-0.05, 0) is 19.1 Å². The molecular formula is C10H10N4O4S. The first kappa shape index (κ1) is 13.0. The third-order valence-electron chi connectivity index (χ3n) is 2.24. The van der Waals surface area contributed by atoms with E-state index in [2.05, 4.69) is 19.9 Å². The van der Waals surface area contributed by atoms with Gasteiger partial charge in [0.1, 0.15) is 0 Å². The summed E-state index contributed by atoms with van der Waals surface area (Å²) >= 11 is 0. The molecule has 2 rings (SSSR count). The molecule has 0 atom stereocenters. The van der Waals surface area contributed by atoms with Crippen molar-refractivity contribution in [3.05, 3.63) is 35.7 Å². The van der Waals surface area contributed by atoms with E-state index < -0.39 is 21.8 Å². The van der Waals surface area contributed by atoms with E-state index in [-0.39, 0.29) is 10.8 Å². The summed E-state index contributed by atoms with van der Waals surface area (Å²) in [4.78, 5) is 14.1. The fraction of sp³-hybridized carbons (Fsp3) is 0.100. The number of anilines is 1. The lowest BCUT2D eigenvalue weighted by Crippen LogP contribution is -2.14. The smallest absolute Gasteiger partial charge is 0.373 e. The van der Waals surface area contributed by atoms with Crippen LogP contribution in [0.5, 0.6) is 0 Å². The van der Waals surface area contributed by atoms with Crippen LogP contribution < -0.4 is 4.72 Å². The molecule has 1 heterocycles. The molecule has 19 heavy (non-hydrogen) atoms. The van der Waals surface area contributed by atoms with Crippen LogP contribution in [-0.4, -0.2) is 34.7 Å². The molecule has 0 unspecified atom stereocenters. The second-order valence-corrected chi connectivity index (χ2v) is 5.41. The van der Waals surface area contributed by atoms with E-state index in [9.17, 15) is 13.2 Å². The Morgan fingerprint density at radius 1 is 1.32 bits per heavy atom. The van der Waals surface area contributed by atoms with Crippen molar-refractivity contribution in [3.8, 4) is 0 Å². The van der Waals surface area contributed by atoms with Crippen LogP contribution in [0.25, 0.3) is 0 Å². The number of nitrogens with one attached hydrogen (secondary N) is 2. The number of carboxylic acid groups (broad SMARTS) is 1. The number of aromatic carboxylic acids is 1. The fourth-order valence-electron chi connectivity index (χ4n) is 1.30. The highest BCUT2D eigenvalue weighted by molar-refractivity contribution is 7.92. The van der Waals surface area contributed by atoms with Crippen LogP contribution in [0, 0.1) is 6.92 Å². The molecule has 1 aromatic heterocycles. The van der Waals surface area contributed by atoms with Gasteiger partial charge in [0, 0.05) is 0 Å². The van der Waals surface area contributed by atoms with E-state index in [4.69, 9.17) is 5.11 Å². The predicted molar refractivity (Wildman–Crippen MR) is 65.3 cm³/mol. The highest BCUT2D eigenvalue weighted by Gasteiger charge is 2.18. The average Bonchev–Trinajstić information content (AvgIpc) is 2.77. The quantitative estimate of drug-likeness (QED) is 0.754. The van der Waals surface area contributed by atoms with Gasteiger partial charge in [0.2, 0.25) is 5.82 Å². The van der Waals surface area contributed by atoms with Crippen LogP contribution in [0.3, 0.4) is 0 Å². The van der Waals surface area contributed by atoms with Gasteiger partial charge in [-0.15, -0.1) is 5.10 Å². The molecular weight excluding hydrogens is 272 g/mol. The number of aromatic amines is 1. The van der Waals surface area contributed by atoms with E-state index in [0.717, 1.165) is 5.56 Å². The summed E-state index contributed by atoms with van der Waals surface area (Å²) in [6.07, 6.45) is 0. The number of aromatic nitrogens is 3. The highest BCUT2D eigenvalue weighted by Crippen LogP contribution is 2.13. The van der Waals surface area contributed by atoms with Crippen molar-refractivity contribution in [2.75, 3.05) is 4.72 Å². The van der Waals surface area contributed by atoms with Gasteiger partial charge in [0.15, 0.2) is 0 Å². The van der Waals surface area contributed by atoms with Gasteiger partial charge in [-0.2, -0.15) is 4.98 Å². The molecule has 0 spiro atoms. The number of aryl methyl sites for hydroxylation is 1. The van der Waals surface area contributed by atoms with E-state index in [0.29, 0.717) is 0 Å². The Labute approximate surface area is 108 Å². The number of H-pyrrole nitrogens is 1. The number of benzene rings is 1. The minimum Gasteiger partial charge on any atom is -0.475 e. The number of sulfonamides is 1. The van der Waals surface area contributed by atoms with Gasteiger partial charge in [0.05, 0.1) is 4.90 Å². The Bertz CT molecular complexity index is 705. The van der Waals surface area contributed by atoms with Crippen LogP contribution >= 0.6 is 0 Å². The molecule has 0 fully saturated rings. The van der Waals surface area contributed by atoms with Crippen LogP contribution in [0.1, 0.15) is 16.2 Å². The SMILES string of the molecule is Cc1ccc(S(=O)(=O)Nc2n[nH]c(C(=O)O)n2)cc1. The lowest BCUT2D eigenvalue weighted by molar-refractivity contribution is 0.0684. The maximum Gasteiger partial charge on any atom is 0.373 e. The molecule has 1 aromatic carbocycles. The topological polar surface area (TPSA) is 125 Å².